The minimum Gasteiger partial charge on any atom is -0.298 e. The molecular formula is C8H5Cl2F2NO. The number of carbonyl (C=O) groups excluding carboxylic acids is 1. The van der Waals surface area contributed by atoms with Crippen LogP contribution in [0.15, 0.2) is 6.20 Å². The predicted molar refractivity (Wildman–Crippen MR) is 49.1 cm³/mol. The zero-order valence-corrected chi connectivity index (χ0v) is 8.32. The van der Waals surface area contributed by atoms with Crippen LogP contribution in [-0.2, 0) is 5.88 Å². The summed E-state index contributed by atoms with van der Waals surface area (Å²) in [7, 11) is 0. The van der Waals surface area contributed by atoms with Gasteiger partial charge >= 0.3 is 0 Å². The van der Waals surface area contributed by atoms with Crippen molar-refractivity contribution < 1.29 is 13.6 Å². The Morgan fingerprint density at radius 2 is 2.21 bits per heavy atom. The molecule has 0 fully saturated rings. The number of halogens is 4. The van der Waals surface area contributed by atoms with Crippen molar-refractivity contribution >= 4 is 29.5 Å². The molecule has 0 bridgehead atoms. The lowest BCUT2D eigenvalue weighted by Gasteiger charge is -2.09. The van der Waals surface area contributed by atoms with Gasteiger partial charge in [-0.3, -0.25) is 4.79 Å². The highest BCUT2D eigenvalue weighted by Gasteiger charge is 2.20. The maximum absolute atomic E-state index is 12.5. The van der Waals surface area contributed by atoms with E-state index in [4.69, 9.17) is 23.2 Å². The lowest BCUT2D eigenvalue weighted by atomic mass is 10.1. The Hall–Kier alpha value is -0.740. The summed E-state index contributed by atoms with van der Waals surface area (Å²) in [5.74, 6) is -0.201. The Morgan fingerprint density at radius 3 is 2.64 bits per heavy atom. The smallest absolute Gasteiger partial charge is 0.265 e. The van der Waals surface area contributed by atoms with Gasteiger partial charge < -0.3 is 0 Å². The highest BCUT2D eigenvalue weighted by Crippen LogP contribution is 2.30. The van der Waals surface area contributed by atoms with E-state index in [1.54, 1.807) is 0 Å². The number of hydrogen-bond donors (Lipinski definition) is 0. The molecule has 0 aromatic carbocycles. The number of alkyl halides is 3. The molecule has 0 aliphatic carbocycles. The molecule has 1 heterocycles. The Labute approximate surface area is 88.8 Å². The van der Waals surface area contributed by atoms with Crippen molar-refractivity contribution in [2.45, 2.75) is 12.3 Å². The van der Waals surface area contributed by atoms with Gasteiger partial charge in [0.15, 0.2) is 6.29 Å². The summed E-state index contributed by atoms with van der Waals surface area (Å²) < 4.78 is 25.1. The van der Waals surface area contributed by atoms with E-state index in [-0.39, 0.29) is 22.2 Å². The summed E-state index contributed by atoms with van der Waals surface area (Å²) in [5.41, 5.74) is -0.608. The van der Waals surface area contributed by atoms with Crippen molar-refractivity contribution in [3.8, 4) is 0 Å². The molecule has 0 spiro atoms. The van der Waals surface area contributed by atoms with E-state index in [9.17, 15) is 13.6 Å². The summed E-state index contributed by atoms with van der Waals surface area (Å²) in [5, 5.41) is -0.0964. The van der Waals surface area contributed by atoms with E-state index in [0.717, 1.165) is 6.20 Å². The second-order valence-electron chi connectivity index (χ2n) is 2.45. The lowest BCUT2D eigenvalue weighted by molar-refractivity contribution is 0.110. The molecule has 1 rings (SSSR count). The number of aromatic nitrogens is 1. The zero-order chi connectivity index (χ0) is 10.7. The van der Waals surface area contributed by atoms with Crippen LogP contribution in [0.4, 0.5) is 8.78 Å². The first-order chi connectivity index (χ1) is 6.61. The summed E-state index contributed by atoms with van der Waals surface area (Å²) in [6.45, 7) is 0. The van der Waals surface area contributed by atoms with Crippen LogP contribution in [0.3, 0.4) is 0 Å². The Kier molecular flexibility index (Phi) is 3.77. The van der Waals surface area contributed by atoms with Gasteiger partial charge in [0, 0.05) is 22.9 Å². The molecule has 14 heavy (non-hydrogen) atoms. The van der Waals surface area contributed by atoms with Crippen molar-refractivity contribution in [2.75, 3.05) is 0 Å². The number of pyridine rings is 1. The number of carbonyl (C=O) groups is 1. The molecule has 0 N–H and O–H groups in total. The lowest BCUT2D eigenvalue weighted by Crippen LogP contribution is -2.01. The molecular weight excluding hydrogens is 235 g/mol. The Morgan fingerprint density at radius 1 is 1.57 bits per heavy atom. The van der Waals surface area contributed by atoms with E-state index in [1.807, 2.05) is 0 Å². The van der Waals surface area contributed by atoms with Crippen molar-refractivity contribution in [1.82, 2.24) is 4.98 Å². The first kappa shape index (κ1) is 11.3. The van der Waals surface area contributed by atoms with Gasteiger partial charge in [0.05, 0.1) is 5.88 Å². The van der Waals surface area contributed by atoms with Gasteiger partial charge in [0.2, 0.25) is 0 Å². The molecule has 0 unspecified atom stereocenters. The fourth-order valence-electron chi connectivity index (χ4n) is 1.04. The molecule has 2 nitrogen and oxygen atoms in total. The van der Waals surface area contributed by atoms with E-state index >= 15 is 0 Å². The summed E-state index contributed by atoms with van der Waals surface area (Å²) in [6, 6.07) is 0. The fourth-order valence-corrected chi connectivity index (χ4v) is 1.59. The van der Waals surface area contributed by atoms with E-state index in [1.165, 1.54) is 0 Å². The van der Waals surface area contributed by atoms with Crippen LogP contribution in [0.25, 0.3) is 0 Å². The standard InChI is InChI=1S/C8H5Cl2F2NO/c9-1-5-6(8(11)12)4(3-14)2-13-7(5)10/h2-3,8H,1H2. The monoisotopic (exact) mass is 239 g/mol. The molecule has 76 valence electrons. The summed E-state index contributed by atoms with van der Waals surface area (Å²) in [6.07, 6.45) is -1.47. The van der Waals surface area contributed by atoms with Crippen LogP contribution in [-0.4, -0.2) is 11.3 Å². The zero-order valence-electron chi connectivity index (χ0n) is 6.81. The number of aldehydes is 1. The van der Waals surface area contributed by atoms with Crippen LogP contribution in [0.2, 0.25) is 5.15 Å². The van der Waals surface area contributed by atoms with Crippen LogP contribution >= 0.6 is 23.2 Å². The maximum Gasteiger partial charge on any atom is 0.265 e. The van der Waals surface area contributed by atoms with Gasteiger partial charge in [0.25, 0.3) is 6.43 Å². The first-order valence-electron chi connectivity index (χ1n) is 3.58. The summed E-state index contributed by atoms with van der Waals surface area (Å²) in [4.78, 5) is 14.0. The first-order valence-corrected chi connectivity index (χ1v) is 4.49. The third-order valence-corrected chi connectivity index (χ3v) is 2.27. The van der Waals surface area contributed by atoms with Crippen LogP contribution in [0.1, 0.15) is 27.9 Å². The largest absolute Gasteiger partial charge is 0.298 e. The van der Waals surface area contributed by atoms with E-state index in [0.29, 0.717) is 6.29 Å². The molecule has 0 amide bonds. The average molecular weight is 240 g/mol. The van der Waals surface area contributed by atoms with Crippen LogP contribution < -0.4 is 0 Å². The molecule has 6 heteroatoms. The molecule has 0 aliphatic heterocycles. The van der Waals surface area contributed by atoms with Gasteiger partial charge in [-0.15, -0.1) is 11.6 Å². The highest BCUT2D eigenvalue weighted by atomic mass is 35.5. The quantitative estimate of drug-likeness (QED) is 0.461. The second kappa shape index (κ2) is 4.66. The molecule has 0 atom stereocenters. The van der Waals surface area contributed by atoms with Crippen LogP contribution in [0, 0.1) is 0 Å². The number of rotatable bonds is 3. The SMILES string of the molecule is O=Cc1cnc(Cl)c(CCl)c1C(F)F. The van der Waals surface area contributed by atoms with Gasteiger partial charge in [0.1, 0.15) is 5.15 Å². The van der Waals surface area contributed by atoms with Crippen molar-refractivity contribution in [1.29, 1.82) is 0 Å². The van der Waals surface area contributed by atoms with Crippen molar-refractivity contribution in [3.63, 3.8) is 0 Å². The van der Waals surface area contributed by atoms with Crippen molar-refractivity contribution in [2.24, 2.45) is 0 Å². The number of nitrogens with zero attached hydrogens (tertiary/aromatic N) is 1. The highest BCUT2D eigenvalue weighted by molar-refractivity contribution is 6.31. The normalized spacial score (nSPS) is 10.6. The Balaban J connectivity index is 3.43. The third-order valence-electron chi connectivity index (χ3n) is 1.68. The van der Waals surface area contributed by atoms with Gasteiger partial charge in [-0.05, 0) is 0 Å². The topological polar surface area (TPSA) is 30.0 Å². The average Bonchev–Trinajstić information content (AvgIpc) is 2.17. The van der Waals surface area contributed by atoms with Gasteiger partial charge in [-0.1, -0.05) is 11.6 Å². The van der Waals surface area contributed by atoms with Crippen LogP contribution in [0.5, 0.6) is 0 Å². The molecule has 0 aliphatic rings. The second-order valence-corrected chi connectivity index (χ2v) is 3.07. The van der Waals surface area contributed by atoms with Gasteiger partial charge in [-0.2, -0.15) is 0 Å². The van der Waals surface area contributed by atoms with Gasteiger partial charge in [-0.25, -0.2) is 13.8 Å². The minimum atomic E-state index is -2.79. The third kappa shape index (κ3) is 2.01. The Bertz CT molecular complexity index is 357. The molecule has 0 saturated heterocycles. The molecule has 0 saturated carbocycles. The minimum absolute atomic E-state index is 0.00735. The van der Waals surface area contributed by atoms with E-state index in [2.05, 4.69) is 4.98 Å². The van der Waals surface area contributed by atoms with E-state index < -0.39 is 12.0 Å². The molecule has 0 radical (unpaired) electrons. The van der Waals surface area contributed by atoms with Crippen molar-refractivity contribution in [3.05, 3.63) is 28.0 Å². The molecule has 1 aromatic rings. The maximum atomic E-state index is 12.5. The molecule has 1 aromatic heterocycles. The predicted octanol–water partition coefficient (Wildman–Crippen LogP) is 3.22. The summed E-state index contributed by atoms with van der Waals surface area (Å²) >= 11 is 11.0. The number of hydrogen-bond acceptors (Lipinski definition) is 2. The fraction of sp³-hybridized carbons (Fsp3) is 0.250.